The van der Waals surface area contributed by atoms with Crippen molar-refractivity contribution in [2.24, 2.45) is 0 Å². The second kappa shape index (κ2) is 7.38. The highest BCUT2D eigenvalue weighted by atomic mass is 16.5. The standard InChI is InChI=1S/C18H23NO5/c1-4-18(5-2,10-17(21)22)19-16(20)8-12-11-24-15-9-13(23-3)6-7-14(12)15/h6-7,9,11H,4-5,8,10H2,1-3H3,(H,19,20)(H,21,22). The molecule has 0 radical (unpaired) electrons. The Bertz CT molecular complexity index is 730. The second-order valence-corrected chi connectivity index (χ2v) is 5.91. The fraction of sp³-hybridized carbons (Fsp3) is 0.444. The highest BCUT2D eigenvalue weighted by molar-refractivity contribution is 5.88. The quantitative estimate of drug-likeness (QED) is 0.775. The zero-order valence-electron chi connectivity index (χ0n) is 14.2. The number of carbonyl (C=O) groups is 2. The van der Waals surface area contributed by atoms with Gasteiger partial charge in [0.15, 0.2) is 0 Å². The fourth-order valence-corrected chi connectivity index (χ4v) is 2.85. The molecule has 6 heteroatoms. The molecule has 0 spiro atoms. The van der Waals surface area contributed by atoms with Gasteiger partial charge in [0.25, 0.3) is 0 Å². The molecule has 1 aromatic carbocycles. The lowest BCUT2D eigenvalue weighted by Crippen LogP contribution is -2.49. The molecule has 0 unspecified atom stereocenters. The largest absolute Gasteiger partial charge is 0.497 e. The van der Waals surface area contributed by atoms with E-state index in [0.717, 1.165) is 10.9 Å². The van der Waals surface area contributed by atoms with Crippen molar-refractivity contribution in [3.05, 3.63) is 30.0 Å². The lowest BCUT2D eigenvalue weighted by atomic mass is 9.88. The highest BCUT2D eigenvalue weighted by Crippen LogP contribution is 2.26. The number of amides is 1. The van der Waals surface area contributed by atoms with E-state index in [0.29, 0.717) is 24.2 Å². The predicted octanol–water partition coefficient (Wildman–Crippen LogP) is 3.13. The minimum atomic E-state index is -0.917. The Balaban J connectivity index is 2.15. The van der Waals surface area contributed by atoms with Gasteiger partial charge < -0.3 is 19.6 Å². The molecule has 24 heavy (non-hydrogen) atoms. The average Bonchev–Trinajstić information content (AvgIpc) is 2.95. The number of carboxylic acids is 1. The van der Waals surface area contributed by atoms with Crippen molar-refractivity contribution >= 4 is 22.8 Å². The van der Waals surface area contributed by atoms with Crippen LogP contribution in [-0.4, -0.2) is 29.6 Å². The third kappa shape index (κ3) is 3.88. The summed E-state index contributed by atoms with van der Waals surface area (Å²) in [7, 11) is 1.58. The van der Waals surface area contributed by atoms with E-state index in [4.69, 9.17) is 14.3 Å². The summed E-state index contributed by atoms with van der Waals surface area (Å²) < 4.78 is 10.6. The zero-order chi connectivity index (χ0) is 17.7. The molecule has 130 valence electrons. The van der Waals surface area contributed by atoms with E-state index in [2.05, 4.69) is 5.32 Å². The summed E-state index contributed by atoms with van der Waals surface area (Å²) in [5, 5.41) is 12.8. The third-order valence-electron chi connectivity index (χ3n) is 4.46. The molecule has 0 fully saturated rings. The monoisotopic (exact) mass is 333 g/mol. The number of ether oxygens (including phenoxy) is 1. The molecule has 0 aliphatic heterocycles. The van der Waals surface area contributed by atoms with Crippen molar-refractivity contribution in [3.63, 3.8) is 0 Å². The van der Waals surface area contributed by atoms with E-state index in [-0.39, 0.29) is 18.7 Å². The van der Waals surface area contributed by atoms with Crippen LogP contribution < -0.4 is 10.1 Å². The number of carboxylic acid groups (broad SMARTS) is 1. The number of carbonyl (C=O) groups excluding carboxylic acids is 1. The SMILES string of the molecule is CCC(CC)(CC(=O)O)NC(=O)Cc1coc2cc(OC)ccc12. The summed E-state index contributed by atoms with van der Waals surface area (Å²) in [5.74, 6) is -0.441. The first-order valence-corrected chi connectivity index (χ1v) is 8.00. The minimum absolute atomic E-state index is 0.0882. The van der Waals surface area contributed by atoms with E-state index in [9.17, 15) is 9.59 Å². The maximum atomic E-state index is 12.4. The van der Waals surface area contributed by atoms with E-state index in [1.807, 2.05) is 26.0 Å². The van der Waals surface area contributed by atoms with Crippen LogP contribution in [0.25, 0.3) is 11.0 Å². The van der Waals surface area contributed by atoms with Gasteiger partial charge in [-0.2, -0.15) is 0 Å². The summed E-state index contributed by atoms with van der Waals surface area (Å²) in [4.78, 5) is 23.5. The van der Waals surface area contributed by atoms with Crippen molar-refractivity contribution in [2.45, 2.75) is 45.1 Å². The number of furan rings is 1. The minimum Gasteiger partial charge on any atom is -0.497 e. The molecule has 2 aromatic rings. The van der Waals surface area contributed by atoms with Crippen molar-refractivity contribution in [3.8, 4) is 5.75 Å². The average molecular weight is 333 g/mol. The molecule has 6 nitrogen and oxygen atoms in total. The van der Waals surface area contributed by atoms with Crippen LogP contribution in [0, 0.1) is 0 Å². The molecule has 0 bridgehead atoms. The Hall–Kier alpha value is -2.50. The first-order valence-electron chi connectivity index (χ1n) is 8.00. The van der Waals surface area contributed by atoms with Gasteiger partial charge in [-0.15, -0.1) is 0 Å². The Morgan fingerprint density at radius 2 is 2.00 bits per heavy atom. The van der Waals surface area contributed by atoms with Crippen molar-refractivity contribution < 1.29 is 23.8 Å². The molecule has 1 aromatic heterocycles. The van der Waals surface area contributed by atoms with Crippen LogP contribution in [0.3, 0.4) is 0 Å². The lowest BCUT2D eigenvalue weighted by molar-refractivity contribution is -0.139. The molecule has 1 amide bonds. The van der Waals surface area contributed by atoms with Crippen LogP contribution in [-0.2, 0) is 16.0 Å². The second-order valence-electron chi connectivity index (χ2n) is 5.91. The van der Waals surface area contributed by atoms with E-state index < -0.39 is 11.5 Å². The number of fused-ring (bicyclic) bond motifs is 1. The van der Waals surface area contributed by atoms with E-state index in [1.54, 1.807) is 19.4 Å². The Morgan fingerprint density at radius 1 is 1.29 bits per heavy atom. The van der Waals surface area contributed by atoms with Gasteiger partial charge in [-0.25, -0.2) is 0 Å². The number of hydrogen-bond donors (Lipinski definition) is 2. The molecule has 0 atom stereocenters. The maximum absolute atomic E-state index is 12.4. The number of nitrogens with one attached hydrogen (secondary N) is 1. The van der Waals surface area contributed by atoms with Gasteiger partial charge in [0.2, 0.25) is 5.91 Å². The number of methoxy groups -OCH3 is 1. The molecule has 0 aliphatic rings. The molecular formula is C18H23NO5. The Labute approximate surface area is 140 Å². The van der Waals surface area contributed by atoms with Gasteiger partial charge in [-0.3, -0.25) is 9.59 Å². The smallest absolute Gasteiger partial charge is 0.305 e. The number of hydrogen-bond acceptors (Lipinski definition) is 4. The van der Waals surface area contributed by atoms with Gasteiger partial charge in [-0.1, -0.05) is 13.8 Å². The maximum Gasteiger partial charge on any atom is 0.305 e. The van der Waals surface area contributed by atoms with Crippen molar-refractivity contribution in [1.82, 2.24) is 5.32 Å². The molecule has 2 N–H and O–H groups in total. The summed E-state index contributed by atoms with van der Waals surface area (Å²) in [6.45, 7) is 3.76. The summed E-state index contributed by atoms with van der Waals surface area (Å²) in [5.41, 5.74) is 0.701. The van der Waals surface area contributed by atoms with Gasteiger partial charge in [0, 0.05) is 22.6 Å². The number of aliphatic carboxylic acids is 1. The topological polar surface area (TPSA) is 88.8 Å². The van der Waals surface area contributed by atoms with Crippen LogP contribution >= 0.6 is 0 Å². The number of rotatable bonds is 8. The van der Waals surface area contributed by atoms with E-state index in [1.165, 1.54) is 0 Å². The van der Waals surface area contributed by atoms with Crippen LogP contribution in [0.1, 0.15) is 38.7 Å². The van der Waals surface area contributed by atoms with Crippen molar-refractivity contribution in [2.75, 3.05) is 7.11 Å². The molecule has 0 saturated heterocycles. The van der Waals surface area contributed by atoms with Gasteiger partial charge in [0.1, 0.15) is 11.3 Å². The fourth-order valence-electron chi connectivity index (χ4n) is 2.85. The molecule has 1 heterocycles. The van der Waals surface area contributed by atoms with Gasteiger partial charge in [-0.05, 0) is 25.0 Å². The summed E-state index contributed by atoms with van der Waals surface area (Å²) >= 11 is 0. The predicted molar refractivity (Wildman–Crippen MR) is 90.2 cm³/mol. The number of benzene rings is 1. The van der Waals surface area contributed by atoms with Crippen LogP contribution in [0.15, 0.2) is 28.9 Å². The summed E-state index contributed by atoms with van der Waals surface area (Å²) in [6, 6.07) is 5.43. The first kappa shape index (κ1) is 17.8. The zero-order valence-corrected chi connectivity index (χ0v) is 14.2. The Morgan fingerprint density at radius 3 is 2.58 bits per heavy atom. The molecule has 0 saturated carbocycles. The molecule has 2 rings (SSSR count). The van der Waals surface area contributed by atoms with E-state index >= 15 is 0 Å². The molecular weight excluding hydrogens is 310 g/mol. The van der Waals surface area contributed by atoms with Crippen LogP contribution in [0.2, 0.25) is 0 Å². The highest BCUT2D eigenvalue weighted by Gasteiger charge is 2.31. The lowest BCUT2D eigenvalue weighted by Gasteiger charge is -2.31. The van der Waals surface area contributed by atoms with Gasteiger partial charge in [0.05, 0.1) is 26.2 Å². The first-order chi connectivity index (χ1) is 11.4. The normalized spacial score (nSPS) is 11.5. The summed E-state index contributed by atoms with van der Waals surface area (Å²) in [6.07, 6.45) is 2.73. The Kier molecular flexibility index (Phi) is 5.49. The van der Waals surface area contributed by atoms with Crippen molar-refractivity contribution in [1.29, 1.82) is 0 Å². The molecule has 0 aliphatic carbocycles. The third-order valence-corrected chi connectivity index (χ3v) is 4.46. The van der Waals surface area contributed by atoms with Gasteiger partial charge >= 0.3 is 5.97 Å². The van der Waals surface area contributed by atoms with Crippen LogP contribution in [0.4, 0.5) is 0 Å². The van der Waals surface area contributed by atoms with Crippen LogP contribution in [0.5, 0.6) is 5.75 Å².